The van der Waals surface area contributed by atoms with Crippen LogP contribution in [0.15, 0.2) is 85.1 Å². The molecule has 4 rings (SSSR count). The minimum absolute atomic E-state index is 0.0346. The van der Waals surface area contributed by atoms with E-state index >= 15 is 0 Å². The molecule has 0 aliphatic carbocycles. The van der Waals surface area contributed by atoms with Crippen LogP contribution >= 0.6 is 0 Å². The number of hydrogen-bond acceptors (Lipinski definition) is 2. The molecule has 0 aliphatic heterocycles. The Morgan fingerprint density at radius 2 is 1.59 bits per heavy atom. The van der Waals surface area contributed by atoms with E-state index in [0.717, 1.165) is 35.2 Å². The molecular weight excluding hydrogens is 334 g/mol. The van der Waals surface area contributed by atoms with E-state index in [0.29, 0.717) is 5.56 Å². The number of methoxy groups -OCH3 is 1. The largest absolute Gasteiger partial charge is 0.497 e. The lowest BCUT2D eigenvalue weighted by atomic mass is 10.0. The number of fused-ring (bicyclic) bond motifs is 1. The van der Waals surface area contributed by atoms with Crippen molar-refractivity contribution in [2.75, 3.05) is 7.11 Å². The Labute approximate surface area is 158 Å². The number of benzene rings is 3. The minimum atomic E-state index is 0.0346. The Bertz CT molecular complexity index is 1060. The molecule has 0 aliphatic rings. The Hall–Kier alpha value is -3.33. The highest BCUT2D eigenvalue weighted by molar-refractivity contribution is 6.16. The van der Waals surface area contributed by atoms with Crippen LogP contribution in [0.2, 0.25) is 0 Å². The van der Waals surface area contributed by atoms with Gasteiger partial charge < -0.3 is 9.30 Å². The van der Waals surface area contributed by atoms with Gasteiger partial charge in [-0.05, 0) is 42.3 Å². The van der Waals surface area contributed by atoms with Gasteiger partial charge in [0.15, 0.2) is 5.78 Å². The zero-order valence-electron chi connectivity index (χ0n) is 15.3. The van der Waals surface area contributed by atoms with Crippen LogP contribution in [0.3, 0.4) is 0 Å². The van der Waals surface area contributed by atoms with Crippen LogP contribution in [0.5, 0.6) is 5.75 Å². The monoisotopic (exact) mass is 355 g/mol. The maximum absolute atomic E-state index is 13.1. The van der Waals surface area contributed by atoms with Crippen LogP contribution in [0, 0.1) is 0 Å². The average Bonchev–Trinajstić information content (AvgIpc) is 3.11. The summed E-state index contributed by atoms with van der Waals surface area (Å²) in [5.74, 6) is 0.782. The molecule has 0 spiro atoms. The summed E-state index contributed by atoms with van der Waals surface area (Å²) in [7, 11) is 1.62. The number of ketones is 1. The second-order valence-corrected chi connectivity index (χ2v) is 6.55. The Kier molecular flexibility index (Phi) is 4.75. The molecule has 27 heavy (non-hydrogen) atoms. The molecule has 4 aromatic rings. The molecule has 0 radical (unpaired) electrons. The van der Waals surface area contributed by atoms with Gasteiger partial charge in [0.2, 0.25) is 0 Å². The van der Waals surface area contributed by atoms with Gasteiger partial charge in [-0.15, -0.1) is 0 Å². The van der Waals surface area contributed by atoms with Gasteiger partial charge in [-0.25, -0.2) is 0 Å². The van der Waals surface area contributed by atoms with Crippen LogP contribution in [-0.4, -0.2) is 17.5 Å². The fourth-order valence-corrected chi connectivity index (χ4v) is 3.40. The fraction of sp³-hybridized carbons (Fsp3) is 0.125. The molecule has 0 atom stereocenters. The molecule has 1 aromatic heterocycles. The third-order valence-corrected chi connectivity index (χ3v) is 4.87. The van der Waals surface area contributed by atoms with Crippen molar-refractivity contribution in [2.45, 2.75) is 13.0 Å². The number of para-hydroxylation sites is 1. The molecule has 0 bridgehead atoms. The predicted molar refractivity (Wildman–Crippen MR) is 109 cm³/mol. The Morgan fingerprint density at radius 1 is 0.889 bits per heavy atom. The van der Waals surface area contributed by atoms with Gasteiger partial charge >= 0.3 is 0 Å². The summed E-state index contributed by atoms with van der Waals surface area (Å²) in [6.45, 7) is 0.834. The van der Waals surface area contributed by atoms with Gasteiger partial charge in [0.25, 0.3) is 0 Å². The van der Waals surface area contributed by atoms with Gasteiger partial charge in [0, 0.05) is 34.8 Å². The summed E-state index contributed by atoms with van der Waals surface area (Å²) in [4.78, 5) is 13.1. The highest BCUT2D eigenvalue weighted by Crippen LogP contribution is 2.25. The lowest BCUT2D eigenvalue weighted by Gasteiger charge is -2.05. The van der Waals surface area contributed by atoms with Crippen molar-refractivity contribution in [1.82, 2.24) is 4.57 Å². The third-order valence-electron chi connectivity index (χ3n) is 4.87. The standard InChI is InChI=1S/C24H21NO2/c1-27-20-13-11-19(12-14-20)24(26)22-17-25(23-10-6-5-9-21(22)23)16-15-18-7-3-2-4-8-18/h2-14,17H,15-16H2,1H3. The molecule has 1 heterocycles. The highest BCUT2D eigenvalue weighted by Gasteiger charge is 2.16. The predicted octanol–water partition coefficient (Wildman–Crippen LogP) is 5.12. The molecule has 0 saturated heterocycles. The van der Waals surface area contributed by atoms with E-state index in [1.807, 2.05) is 54.7 Å². The SMILES string of the molecule is COc1ccc(C(=O)c2cn(CCc3ccccc3)c3ccccc23)cc1. The van der Waals surface area contributed by atoms with E-state index in [1.165, 1.54) is 5.56 Å². The average molecular weight is 355 g/mol. The zero-order chi connectivity index (χ0) is 18.6. The summed E-state index contributed by atoms with van der Waals surface area (Å²) < 4.78 is 7.37. The Balaban J connectivity index is 1.67. The van der Waals surface area contributed by atoms with Gasteiger partial charge in [-0.3, -0.25) is 4.79 Å². The van der Waals surface area contributed by atoms with Gasteiger partial charge in [0.05, 0.1) is 7.11 Å². The molecule has 0 saturated carbocycles. The van der Waals surface area contributed by atoms with Crippen molar-refractivity contribution in [3.8, 4) is 5.75 Å². The number of hydrogen-bond donors (Lipinski definition) is 0. The molecule has 134 valence electrons. The van der Waals surface area contributed by atoms with Crippen molar-refractivity contribution in [2.24, 2.45) is 0 Å². The summed E-state index contributed by atoms with van der Waals surface area (Å²) in [5.41, 5.74) is 3.79. The van der Waals surface area contributed by atoms with Crippen LogP contribution in [0.4, 0.5) is 0 Å². The molecule has 3 nitrogen and oxygen atoms in total. The minimum Gasteiger partial charge on any atom is -0.497 e. The number of ether oxygens (including phenoxy) is 1. The maximum Gasteiger partial charge on any atom is 0.195 e. The lowest BCUT2D eigenvalue weighted by molar-refractivity contribution is 0.104. The summed E-state index contributed by atoms with van der Waals surface area (Å²) in [6, 6.07) is 25.8. The summed E-state index contributed by atoms with van der Waals surface area (Å²) >= 11 is 0. The van der Waals surface area contributed by atoms with Gasteiger partial charge in [-0.2, -0.15) is 0 Å². The Morgan fingerprint density at radius 3 is 2.33 bits per heavy atom. The van der Waals surface area contributed by atoms with Crippen molar-refractivity contribution in [1.29, 1.82) is 0 Å². The van der Waals surface area contributed by atoms with Crippen LogP contribution in [0.25, 0.3) is 10.9 Å². The molecular formula is C24H21NO2. The van der Waals surface area contributed by atoms with E-state index in [9.17, 15) is 4.79 Å². The van der Waals surface area contributed by atoms with Gasteiger partial charge in [0.1, 0.15) is 5.75 Å². The number of aryl methyl sites for hydroxylation is 2. The van der Waals surface area contributed by atoms with Crippen molar-refractivity contribution in [3.63, 3.8) is 0 Å². The van der Waals surface area contributed by atoms with Crippen molar-refractivity contribution in [3.05, 3.63) is 102 Å². The molecule has 0 amide bonds. The first kappa shape index (κ1) is 17.1. The molecule has 3 heteroatoms. The van der Waals surface area contributed by atoms with E-state index in [1.54, 1.807) is 7.11 Å². The summed E-state index contributed by atoms with van der Waals surface area (Å²) in [5, 5.41) is 0.992. The highest BCUT2D eigenvalue weighted by atomic mass is 16.5. The van der Waals surface area contributed by atoms with Crippen LogP contribution in [0.1, 0.15) is 21.5 Å². The second kappa shape index (κ2) is 7.50. The maximum atomic E-state index is 13.1. The molecule has 3 aromatic carbocycles. The number of aromatic nitrogens is 1. The van der Waals surface area contributed by atoms with Crippen molar-refractivity contribution >= 4 is 16.7 Å². The molecule has 0 N–H and O–H groups in total. The zero-order valence-corrected chi connectivity index (χ0v) is 15.3. The summed E-state index contributed by atoms with van der Waals surface area (Å²) in [6.07, 6.45) is 2.91. The molecule has 0 unspecified atom stereocenters. The first-order valence-electron chi connectivity index (χ1n) is 9.07. The first-order chi connectivity index (χ1) is 13.3. The number of carbonyl (C=O) groups excluding carboxylic acids is 1. The fourth-order valence-electron chi connectivity index (χ4n) is 3.40. The number of rotatable bonds is 6. The topological polar surface area (TPSA) is 31.2 Å². The van der Waals surface area contributed by atoms with Crippen LogP contribution < -0.4 is 4.74 Å². The van der Waals surface area contributed by atoms with Crippen LogP contribution in [-0.2, 0) is 13.0 Å². The first-order valence-corrected chi connectivity index (χ1v) is 9.07. The lowest BCUT2D eigenvalue weighted by Crippen LogP contribution is -2.02. The third kappa shape index (κ3) is 3.49. The van der Waals surface area contributed by atoms with E-state index < -0.39 is 0 Å². The van der Waals surface area contributed by atoms with E-state index in [4.69, 9.17) is 4.74 Å². The van der Waals surface area contributed by atoms with E-state index in [2.05, 4.69) is 34.9 Å². The van der Waals surface area contributed by atoms with Gasteiger partial charge in [-0.1, -0.05) is 48.5 Å². The quantitative estimate of drug-likeness (QED) is 0.449. The van der Waals surface area contributed by atoms with E-state index in [-0.39, 0.29) is 5.78 Å². The second-order valence-electron chi connectivity index (χ2n) is 6.55. The number of carbonyl (C=O) groups is 1. The molecule has 0 fully saturated rings. The smallest absolute Gasteiger partial charge is 0.195 e. The van der Waals surface area contributed by atoms with Crippen molar-refractivity contribution < 1.29 is 9.53 Å². The number of nitrogens with zero attached hydrogens (tertiary/aromatic N) is 1. The normalized spacial score (nSPS) is 10.9.